The molecule has 0 saturated carbocycles. The molecule has 0 radical (unpaired) electrons. The quantitative estimate of drug-likeness (QED) is 0.410. The summed E-state index contributed by atoms with van der Waals surface area (Å²) in [6, 6.07) is 6.32. The molecule has 0 aliphatic carbocycles. The molecular weight excluding hydrogens is 627 g/mol. The van der Waals surface area contributed by atoms with E-state index >= 15 is 0 Å². The van der Waals surface area contributed by atoms with Crippen LogP contribution in [0.3, 0.4) is 0 Å². The van der Waals surface area contributed by atoms with Gasteiger partial charge in [0, 0.05) is 69.7 Å². The van der Waals surface area contributed by atoms with Crippen molar-refractivity contribution in [2.24, 2.45) is 0 Å². The number of anilines is 1. The number of carbonyl (C=O) groups excluding carboxylic acids is 3. The van der Waals surface area contributed by atoms with Gasteiger partial charge in [0.05, 0.1) is 5.69 Å². The molecule has 3 fully saturated rings. The zero-order chi connectivity index (χ0) is 33.6. The van der Waals surface area contributed by atoms with Crippen LogP contribution in [0, 0.1) is 0 Å². The number of aryl methyl sites for hydroxylation is 2. The Morgan fingerprint density at radius 3 is 2.33 bits per heavy atom. The number of urea groups is 1. The van der Waals surface area contributed by atoms with Crippen LogP contribution in [0.15, 0.2) is 29.0 Å². The first-order chi connectivity index (χ1) is 23.3. The number of amides is 4. The molecular formula is C36H53N7O4S. The van der Waals surface area contributed by atoms with Crippen LogP contribution in [0.25, 0.3) is 0 Å². The third-order valence-electron chi connectivity index (χ3n) is 10.8. The van der Waals surface area contributed by atoms with Crippen molar-refractivity contribution in [2.45, 2.75) is 83.3 Å². The van der Waals surface area contributed by atoms with Crippen LogP contribution in [-0.4, -0.2) is 127 Å². The number of carbonyl (C=O) groups is 3. The molecule has 0 unspecified atom stereocenters. The molecule has 262 valence electrons. The fourth-order valence-corrected chi connectivity index (χ4v) is 8.66. The number of piperidine rings is 2. The Morgan fingerprint density at radius 2 is 1.62 bits per heavy atom. The zero-order valence-corrected chi connectivity index (χ0v) is 29.7. The number of hydrogen-bond acceptors (Lipinski definition) is 8. The number of benzene rings is 1. The molecule has 11 nitrogen and oxygen atoms in total. The maximum Gasteiger partial charge on any atom is 0.426 e. The molecule has 0 spiro atoms. The lowest BCUT2D eigenvalue weighted by molar-refractivity contribution is -0.138. The number of piperazine rings is 1. The minimum Gasteiger partial charge on any atom is -0.351 e. The summed E-state index contributed by atoms with van der Waals surface area (Å²) in [5.74, 6) is -0.0492. The zero-order valence-electron chi connectivity index (χ0n) is 28.9. The van der Waals surface area contributed by atoms with E-state index in [4.69, 9.17) is 4.84 Å². The predicted octanol–water partition coefficient (Wildman–Crippen LogP) is 4.22. The predicted molar refractivity (Wildman–Crippen MR) is 189 cm³/mol. The second kappa shape index (κ2) is 16.0. The Bertz CT molecular complexity index is 1410. The lowest BCUT2D eigenvalue weighted by atomic mass is 9.96. The van der Waals surface area contributed by atoms with Crippen molar-refractivity contribution >= 4 is 35.1 Å². The highest BCUT2D eigenvalue weighted by atomic mass is 32.1. The largest absolute Gasteiger partial charge is 0.426 e. The van der Waals surface area contributed by atoms with E-state index in [9.17, 15) is 14.4 Å². The number of fused-ring (bicyclic) bond motifs is 1. The number of hydrogen-bond donors (Lipinski definition) is 2. The SMILES string of the molecule is CCc1ccc(C[C@@H](NC(=O)ON2CCC(N3CCc4cscc4NC3=O)CC2)C(=O)N2CCN(C3CCN(C)CC3)CC2)cc1CC. The van der Waals surface area contributed by atoms with Crippen LogP contribution in [-0.2, 0) is 35.3 Å². The van der Waals surface area contributed by atoms with E-state index in [1.165, 1.54) is 29.5 Å². The van der Waals surface area contributed by atoms with Gasteiger partial charge in [-0.15, -0.1) is 16.4 Å². The van der Waals surface area contributed by atoms with Crippen LogP contribution in [0.4, 0.5) is 15.3 Å². The number of nitrogens with zero attached hydrogens (tertiary/aromatic N) is 5. The second-order valence-electron chi connectivity index (χ2n) is 13.8. The Kier molecular flexibility index (Phi) is 11.6. The summed E-state index contributed by atoms with van der Waals surface area (Å²) >= 11 is 1.61. The summed E-state index contributed by atoms with van der Waals surface area (Å²) < 4.78 is 0. The molecule has 6 rings (SSSR count). The minimum absolute atomic E-state index is 0.0492. The van der Waals surface area contributed by atoms with Crippen LogP contribution in [0.1, 0.15) is 61.8 Å². The van der Waals surface area contributed by atoms with Gasteiger partial charge in [-0.25, -0.2) is 9.59 Å². The molecule has 1 aromatic heterocycles. The van der Waals surface area contributed by atoms with Gasteiger partial charge in [-0.05, 0) is 92.7 Å². The fraction of sp³-hybridized carbons (Fsp3) is 0.639. The van der Waals surface area contributed by atoms with Gasteiger partial charge < -0.3 is 30.2 Å². The molecule has 5 heterocycles. The standard InChI is InChI=1S/C36H53N7O4S/c1-4-27-7-6-26(22-28(27)5-2)23-32(34(44)41-20-18-40(19-21-41)30-9-13-39(3)14-10-30)38-36(46)47-42-15-11-31(12-16-42)43-17-8-29-24-48-25-33(29)37-35(43)45/h6-7,22,24-25,30-32H,4-5,8-21,23H2,1-3H3,(H,37,45)(H,38,46)/t32-/m1/s1. The van der Waals surface area contributed by atoms with E-state index in [2.05, 4.69) is 64.9 Å². The van der Waals surface area contributed by atoms with Crippen LogP contribution < -0.4 is 10.6 Å². The van der Waals surface area contributed by atoms with Gasteiger partial charge in [-0.2, -0.15) is 0 Å². The molecule has 2 N–H and O–H groups in total. The molecule has 12 heteroatoms. The number of likely N-dealkylation sites (tertiary alicyclic amines) is 1. The molecule has 4 amide bonds. The van der Waals surface area contributed by atoms with E-state index in [-0.39, 0.29) is 18.0 Å². The average molecular weight is 680 g/mol. The van der Waals surface area contributed by atoms with Gasteiger partial charge in [0.2, 0.25) is 5.91 Å². The van der Waals surface area contributed by atoms with Crippen molar-refractivity contribution in [3.05, 3.63) is 51.2 Å². The maximum absolute atomic E-state index is 14.0. The summed E-state index contributed by atoms with van der Waals surface area (Å²) in [5, 5.41) is 11.8. The molecule has 0 bridgehead atoms. The summed E-state index contributed by atoms with van der Waals surface area (Å²) in [5.41, 5.74) is 5.74. The number of nitrogens with one attached hydrogen (secondary N) is 2. The van der Waals surface area contributed by atoms with Crippen molar-refractivity contribution in [2.75, 3.05) is 71.3 Å². The third kappa shape index (κ3) is 8.33. The molecule has 3 saturated heterocycles. The molecule has 48 heavy (non-hydrogen) atoms. The summed E-state index contributed by atoms with van der Waals surface area (Å²) in [6.07, 6.45) is 6.30. The summed E-state index contributed by atoms with van der Waals surface area (Å²) in [6.45, 7) is 11.3. The number of thiophene rings is 1. The topological polar surface area (TPSA) is 101 Å². The molecule has 1 atom stereocenters. The van der Waals surface area contributed by atoms with Crippen LogP contribution in [0.2, 0.25) is 0 Å². The minimum atomic E-state index is -0.718. The molecule has 1 aromatic carbocycles. The second-order valence-corrected chi connectivity index (χ2v) is 14.6. The van der Waals surface area contributed by atoms with Gasteiger partial charge in [0.25, 0.3) is 0 Å². The van der Waals surface area contributed by atoms with Crippen molar-refractivity contribution < 1.29 is 19.2 Å². The molecule has 4 aliphatic heterocycles. The van der Waals surface area contributed by atoms with Gasteiger partial charge >= 0.3 is 12.1 Å². The molecule has 2 aromatic rings. The first-order valence-corrected chi connectivity index (χ1v) is 18.9. The third-order valence-corrected chi connectivity index (χ3v) is 11.6. The first-order valence-electron chi connectivity index (χ1n) is 18.0. The highest BCUT2D eigenvalue weighted by Gasteiger charge is 2.34. The average Bonchev–Trinajstić information content (AvgIpc) is 3.48. The highest BCUT2D eigenvalue weighted by Crippen LogP contribution is 2.27. The summed E-state index contributed by atoms with van der Waals surface area (Å²) in [7, 11) is 2.18. The summed E-state index contributed by atoms with van der Waals surface area (Å²) in [4.78, 5) is 54.9. The van der Waals surface area contributed by atoms with Gasteiger partial charge in [-0.1, -0.05) is 32.0 Å². The van der Waals surface area contributed by atoms with Gasteiger partial charge in [-0.3, -0.25) is 9.69 Å². The van der Waals surface area contributed by atoms with Crippen LogP contribution >= 0.6 is 11.3 Å². The molecule has 4 aliphatic rings. The van der Waals surface area contributed by atoms with Crippen LogP contribution in [0.5, 0.6) is 0 Å². The Labute approximate surface area is 289 Å². The monoisotopic (exact) mass is 679 g/mol. The lowest BCUT2D eigenvalue weighted by Crippen LogP contribution is -2.58. The van der Waals surface area contributed by atoms with E-state index in [0.717, 1.165) is 56.7 Å². The first kappa shape index (κ1) is 34.7. The van der Waals surface area contributed by atoms with Crippen molar-refractivity contribution in [3.63, 3.8) is 0 Å². The Morgan fingerprint density at radius 1 is 0.917 bits per heavy atom. The number of rotatable bonds is 9. The Hall–Kier alpha value is -3.19. The van der Waals surface area contributed by atoms with E-state index in [1.54, 1.807) is 16.4 Å². The lowest BCUT2D eigenvalue weighted by Gasteiger charge is -2.42. The van der Waals surface area contributed by atoms with Gasteiger partial charge in [0.1, 0.15) is 6.04 Å². The van der Waals surface area contributed by atoms with Crippen molar-refractivity contribution in [3.8, 4) is 0 Å². The van der Waals surface area contributed by atoms with Gasteiger partial charge in [0.15, 0.2) is 0 Å². The van der Waals surface area contributed by atoms with E-state index < -0.39 is 12.1 Å². The maximum atomic E-state index is 14.0. The van der Waals surface area contributed by atoms with E-state index in [0.29, 0.717) is 58.0 Å². The number of hydroxylamine groups is 2. The normalized spacial score (nSPS) is 21.4. The van der Waals surface area contributed by atoms with E-state index in [1.807, 2.05) is 15.2 Å². The van der Waals surface area contributed by atoms with Crippen molar-refractivity contribution in [1.29, 1.82) is 0 Å². The Balaban J connectivity index is 1.05. The smallest absolute Gasteiger partial charge is 0.351 e. The van der Waals surface area contributed by atoms with Crippen molar-refractivity contribution in [1.82, 2.24) is 30.0 Å². The fourth-order valence-electron chi connectivity index (χ4n) is 7.84. The highest BCUT2D eigenvalue weighted by molar-refractivity contribution is 7.08.